The highest BCUT2D eigenvalue weighted by molar-refractivity contribution is 7.89. The molecule has 1 aromatic carbocycles. The molecule has 0 aliphatic rings. The quantitative estimate of drug-likeness (QED) is 0.822. The smallest absolute Gasteiger partial charge is 0.240 e. The number of aliphatic hydroxyl groups is 1. The first kappa shape index (κ1) is 16.2. The number of thiophene rings is 1. The predicted octanol–water partition coefficient (Wildman–Crippen LogP) is 2.71. The summed E-state index contributed by atoms with van der Waals surface area (Å²) in [4.78, 5) is 0.969. The lowest BCUT2D eigenvalue weighted by Crippen LogP contribution is -2.28. The zero-order valence-electron chi connectivity index (χ0n) is 11.8. The summed E-state index contributed by atoms with van der Waals surface area (Å²) in [6, 6.07) is 10.5. The van der Waals surface area contributed by atoms with Crippen molar-refractivity contribution in [3.05, 3.63) is 52.2 Å². The molecule has 2 aromatic rings. The highest BCUT2D eigenvalue weighted by Gasteiger charge is 2.17. The van der Waals surface area contributed by atoms with Crippen molar-refractivity contribution in [2.24, 2.45) is 0 Å². The maximum atomic E-state index is 12.2. The van der Waals surface area contributed by atoms with E-state index in [2.05, 4.69) is 11.6 Å². The Morgan fingerprint density at radius 3 is 2.52 bits per heavy atom. The van der Waals surface area contributed by atoms with E-state index in [-0.39, 0.29) is 11.4 Å². The van der Waals surface area contributed by atoms with Gasteiger partial charge >= 0.3 is 0 Å². The summed E-state index contributed by atoms with van der Waals surface area (Å²) < 4.78 is 26.8. The van der Waals surface area contributed by atoms with Crippen LogP contribution in [0, 0.1) is 0 Å². The molecule has 6 heteroatoms. The molecule has 2 N–H and O–H groups in total. The molecule has 1 aromatic heterocycles. The average Bonchev–Trinajstić information content (AvgIpc) is 3.00. The Morgan fingerprint density at radius 2 is 1.95 bits per heavy atom. The number of hydrogen-bond acceptors (Lipinski definition) is 4. The summed E-state index contributed by atoms with van der Waals surface area (Å²) in [6.07, 6.45) is 1.14. The van der Waals surface area contributed by atoms with Crippen LogP contribution in [0.1, 0.15) is 29.9 Å². The molecule has 0 aliphatic heterocycles. The van der Waals surface area contributed by atoms with Gasteiger partial charge < -0.3 is 5.11 Å². The molecule has 0 amide bonds. The molecule has 0 saturated heterocycles. The van der Waals surface area contributed by atoms with Crippen LogP contribution in [0.4, 0.5) is 0 Å². The predicted molar refractivity (Wildman–Crippen MR) is 84.9 cm³/mol. The second-order valence-corrected chi connectivity index (χ2v) is 7.52. The van der Waals surface area contributed by atoms with Crippen molar-refractivity contribution in [2.75, 3.05) is 6.54 Å². The lowest BCUT2D eigenvalue weighted by atomic mass is 10.1. The molecule has 1 heterocycles. The lowest BCUT2D eigenvalue weighted by Gasteiger charge is -2.11. The number of aliphatic hydroxyl groups excluding tert-OH is 1. The Labute approximate surface area is 129 Å². The molecule has 2 rings (SSSR count). The molecular formula is C15H19NO3S2. The van der Waals surface area contributed by atoms with Gasteiger partial charge in [-0.15, -0.1) is 11.3 Å². The van der Waals surface area contributed by atoms with Crippen LogP contribution in [-0.2, 0) is 16.4 Å². The van der Waals surface area contributed by atoms with Crippen LogP contribution < -0.4 is 4.72 Å². The fourth-order valence-electron chi connectivity index (χ4n) is 1.98. The van der Waals surface area contributed by atoms with E-state index in [9.17, 15) is 13.5 Å². The molecule has 0 aliphatic carbocycles. The van der Waals surface area contributed by atoms with Crippen molar-refractivity contribution in [1.29, 1.82) is 0 Å². The maximum Gasteiger partial charge on any atom is 0.240 e. The third kappa shape index (κ3) is 4.38. The topological polar surface area (TPSA) is 66.4 Å². The van der Waals surface area contributed by atoms with Crippen molar-refractivity contribution in [3.8, 4) is 0 Å². The summed E-state index contributed by atoms with van der Waals surface area (Å²) >= 11 is 1.40. The summed E-state index contributed by atoms with van der Waals surface area (Å²) in [5.41, 5.74) is 1.12. The summed E-state index contributed by atoms with van der Waals surface area (Å²) in [7, 11) is -3.58. The van der Waals surface area contributed by atoms with Gasteiger partial charge in [-0.1, -0.05) is 31.5 Å². The van der Waals surface area contributed by atoms with Gasteiger partial charge in [0.15, 0.2) is 0 Å². The van der Waals surface area contributed by atoms with E-state index in [4.69, 9.17) is 0 Å². The zero-order chi connectivity index (χ0) is 15.3. The Morgan fingerprint density at radius 1 is 1.24 bits per heavy atom. The first-order valence-electron chi connectivity index (χ1n) is 6.83. The number of rotatable bonds is 7. The van der Waals surface area contributed by atoms with Crippen LogP contribution in [0.3, 0.4) is 0 Å². The standard InChI is InChI=1S/C15H19NO3S2/c1-2-4-12-6-8-13(9-7-12)21(18,19)16-11-14(17)15-5-3-10-20-15/h3,5-10,14,16-17H,2,4,11H2,1H3. The Balaban J connectivity index is 2.01. The molecule has 0 radical (unpaired) electrons. The van der Waals surface area contributed by atoms with Crippen molar-refractivity contribution in [1.82, 2.24) is 4.72 Å². The number of benzene rings is 1. The molecule has 4 nitrogen and oxygen atoms in total. The van der Waals surface area contributed by atoms with Gasteiger partial charge in [-0.3, -0.25) is 0 Å². The van der Waals surface area contributed by atoms with Gasteiger partial charge in [0, 0.05) is 11.4 Å². The van der Waals surface area contributed by atoms with E-state index < -0.39 is 16.1 Å². The highest BCUT2D eigenvalue weighted by Crippen LogP contribution is 2.19. The molecule has 21 heavy (non-hydrogen) atoms. The molecule has 0 bridgehead atoms. The van der Waals surface area contributed by atoms with Crippen molar-refractivity contribution in [2.45, 2.75) is 30.8 Å². The largest absolute Gasteiger partial charge is 0.386 e. The normalized spacial score (nSPS) is 13.2. The van der Waals surface area contributed by atoms with Crippen LogP contribution >= 0.6 is 11.3 Å². The van der Waals surface area contributed by atoms with E-state index in [0.717, 1.165) is 23.3 Å². The van der Waals surface area contributed by atoms with Crippen LogP contribution in [-0.4, -0.2) is 20.1 Å². The van der Waals surface area contributed by atoms with E-state index in [1.807, 2.05) is 23.6 Å². The van der Waals surface area contributed by atoms with Crippen LogP contribution in [0.15, 0.2) is 46.7 Å². The minimum atomic E-state index is -3.58. The average molecular weight is 325 g/mol. The molecule has 1 atom stereocenters. The fraction of sp³-hybridized carbons (Fsp3) is 0.333. The lowest BCUT2D eigenvalue weighted by molar-refractivity contribution is 0.186. The maximum absolute atomic E-state index is 12.2. The third-order valence-corrected chi connectivity index (χ3v) is 5.52. The molecule has 0 spiro atoms. The van der Waals surface area contributed by atoms with Crippen molar-refractivity contribution < 1.29 is 13.5 Å². The van der Waals surface area contributed by atoms with Crippen LogP contribution in [0.5, 0.6) is 0 Å². The molecule has 0 saturated carbocycles. The first-order valence-corrected chi connectivity index (χ1v) is 9.19. The fourth-order valence-corrected chi connectivity index (χ4v) is 3.73. The highest BCUT2D eigenvalue weighted by atomic mass is 32.2. The van der Waals surface area contributed by atoms with Crippen molar-refractivity contribution >= 4 is 21.4 Å². The molecule has 114 valence electrons. The van der Waals surface area contributed by atoms with Gasteiger partial charge in [0.25, 0.3) is 0 Å². The molecular weight excluding hydrogens is 306 g/mol. The van der Waals surface area contributed by atoms with E-state index in [0.29, 0.717) is 0 Å². The van der Waals surface area contributed by atoms with Gasteiger partial charge in [0.1, 0.15) is 6.10 Å². The number of hydrogen-bond donors (Lipinski definition) is 2. The number of nitrogens with one attached hydrogen (secondary N) is 1. The second kappa shape index (κ2) is 7.17. The Bertz CT molecular complexity index is 649. The van der Waals surface area contributed by atoms with E-state index >= 15 is 0 Å². The zero-order valence-corrected chi connectivity index (χ0v) is 13.5. The summed E-state index contributed by atoms with van der Waals surface area (Å²) in [5.74, 6) is 0. The third-order valence-electron chi connectivity index (χ3n) is 3.11. The number of sulfonamides is 1. The SMILES string of the molecule is CCCc1ccc(S(=O)(=O)NCC(O)c2cccs2)cc1. The second-order valence-electron chi connectivity index (χ2n) is 4.78. The van der Waals surface area contributed by atoms with Gasteiger partial charge in [-0.05, 0) is 35.6 Å². The Hall–Kier alpha value is -1.21. The van der Waals surface area contributed by atoms with Gasteiger partial charge in [-0.2, -0.15) is 0 Å². The first-order chi connectivity index (χ1) is 10.0. The minimum absolute atomic E-state index is 0.0282. The molecule has 1 unspecified atom stereocenters. The van der Waals surface area contributed by atoms with Gasteiger partial charge in [0.05, 0.1) is 4.90 Å². The van der Waals surface area contributed by atoms with E-state index in [1.165, 1.54) is 11.3 Å². The van der Waals surface area contributed by atoms with Gasteiger partial charge in [-0.25, -0.2) is 13.1 Å². The number of aryl methyl sites for hydroxylation is 1. The monoisotopic (exact) mass is 325 g/mol. The minimum Gasteiger partial charge on any atom is -0.386 e. The van der Waals surface area contributed by atoms with E-state index in [1.54, 1.807) is 18.2 Å². The van der Waals surface area contributed by atoms with Gasteiger partial charge in [0.2, 0.25) is 10.0 Å². The van der Waals surface area contributed by atoms with Crippen molar-refractivity contribution in [3.63, 3.8) is 0 Å². The molecule has 0 fully saturated rings. The van der Waals surface area contributed by atoms with Crippen LogP contribution in [0.2, 0.25) is 0 Å². The van der Waals surface area contributed by atoms with Crippen LogP contribution in [0.25, 0.3) is 0 Å². The summed E-state index contributed by atoms with van der Waals surface area (Å²) in [6.45, 7) is 2.05. The Kier molecular flexibility index (Phi) is 5.52. The summed E-state index contributed by atoms with van der Waals surface area (Å²) in [5, 5.41) is 11.8.